The first-order valence-corrected chi connectivity index (χ1v) is 4.38. The summed E-state index contributed by atoms with van der Waals surface area (Å²) in [4.78, 5) is 30.4. The van der Waals surface area contributed by atoms with E-state index in [0.717, 1.165) is 25.0 Å². The van der Waals surface area contributed by atoms with E-state index in [1.807, 2.05) is 0 Å². The molecule has 0 atom stereocenters. The Balaban J connectivity index is 0.000000151. The van der Waals surface area contributed by atoms with Crippen molar-refractivity contribution in [3.05, 3.63) is 25.0 Å². The highest BCUT2D eigenvalue weighted by Crippen LogP contribution is 2.29. The van der Waals surface area contributed by atoms with Crippen LogP contribution in [0, 0.1) is 5.92 Å². The van der Waals surface area contributed by atoms with Crippen LogP contribution in [0.5, 0.6) is 0 Å². The van der Waals surface area contributed by atoms with Crippen molar-refractivity contribution in [1.82, 2.24) is 0 Å². The minimum Gasteiger partial charge on any atom is -0.435 e. The van der Waals surface area contributed by atoms with Crippen LogP contribution in [-0.4, -0.2) is 17.9 Å². The third-order valence-corrected chi connectivity index (χ3v) is 1.67. The van der Waals surface area contributed by atoms with Gasteiger partial charge in [-0.15, -0.1) is 0 Å². The van der Waals surface area contributed by atoms with Gasteiger partial charge < -0.3 is 9.47 Å². The van der Waals surface area contributed by atoms with Gasteiger partial charge in [0.1, 0.15) is 0 Å². The Morgan fingerprint density at radius 1 is 1.40 bits per heavy atom. The summed E-state index contributed by atoms with van der Waals surface area (Å²) in [5.41, 5.74) is 0. The Morgan fingerprint density at radius 3 is 2.20 bits per heavy atom. The lowest BCUT2D eigenvalue weighted by Gasteiger charge is -1.90. The molecule has 0 amide bonds. The van der Waals surface area contributed by atoms with Crippen molar-refractivity contribution >= 4 is 17.9 Å². The Kier molecular flexibility index (Phi) is 3.79. The molecule has 2 aliphatic rings. The normalized spacial score (nSPS) is 17.6. The van der Waals surface area contributed by atoms with E-state index in [9.17, 15) is 14.4 Å². The van der Waals surface area contributed by atoms with Crippen molar-refractivity contribution in [2.75, 3.05) is 0 Å². The zero-order valence-corrected chi connectivity index (χ0v) is 7.97. The molecule has 80 valence electrons. The van der Waals surface area contributed by atoms with Crippen molar-refractivity contribution in [2.45, 2.75) is 12.8 Å². The number of ether oxygens (including phenoxy) is 2. The van der Waals surface area contributed by atoms with Gasteiger partial charge in [0, 0.05) is 12.2 Å². The molecule has 1 aliphatic heterocycles. The fourth-order valence-electron chi connectivity index (χ4n) is 0.801. The molecule has 2 rings (SSSR count). The van der Waals surface area contributed by atoms with Gasteiger partial charge in [0.15, 0.2) is 0 Å². The van der Waals surface area contributed by atoms with E-state index >= 15 is 0 Å². The first-order chi connectivity index (χ1) is 7.13. The minimum atomic E-state index is -0.579. The van der Waals surface area contributed by atoms with Gasteiger partial charge in [-0.25, -0.2) is 9.59 Å². The van der Waals surface area contributed by atoms with E-state index in [-0.39, 0.29) is 11.9 Å². The first-order valence-electron chi connectivity index (χ1n) is 4.38. The average molecular weight is 210 g/mol. The largest absolute Gasteiger partial charge is 0.435 e. The van der Waals surface area contributed by atoms with Crippen LogP contribution in [0.2, 0.25) is 0 Å². The van der Waals surface area contributed by atoms with Crippen molar-refractivity contribution in [1.29, 1.82) is 0 Å². The van der Waals surface area contributed by atoms with Crippen molar-refractivity contribution in [2.24, 2.45) is 5.92 Å². The smallest absolute Gasteiger partial charge is 0.338 e. The maximum Gasteiger partial charge on any atom is 0.338 e. The second-order valence-corrected chi connectivity index (χ2v) is 2.95. The standard InChI is InChI=1S/C6H8O2.C4H2O3/c1-2-8-6(7)5-3-4-5;5-3-1-2-4(6)7-3/h2,5H,1,3-4H2;1-2H. The SMILES string of the molecule is C=COC(=O)C1CC1.O=C1C=CC(=O)O1. The molecule has 0 saturated heterocycles. The molecule has 0 spiro atoms. The van der Waals surface area contributed by atoms with E-state index in [4.69, 9.17) is 0 Å². The van der Waals surface area contributed by atoms with E-state index in [1.165, 1.54) is 6.26 Å². The van der Waals surface area contributed by atoms with E-state index in [1.54, 1.807) is 0 Å². The molecule has 0 aromatic heterocycles. The molecule has 0 aromatic carbocycles. The predicted octanol–water partition coefficient (Wildman–Crippen LogP) is 0.709. The van der Waals surface area contributed by atoms with Gasteiger partial charge in [0.25, 0.3) is 0 Å². The van der Waals surface area contributed by atoms with Crippen molar-refractivity contribution in [3.8, 4) is 0 Å². The van der Waals surface area contributed by atoms with Crippen LogP contribution in [0.3, 0.4) is 0 Å². The van der Waals surface area contributed by atoms with Gasteiger partial charge >= 0.3 is 17.9 Å². The van der Waals surface area contributed by atoms with Crippen LogP contribution in [0.4, 0.5) is 0 Å². The van der Waals surface area contributed by atoms with Gasteiger partial charge in [-0.3, -0.25) is 4.79 Å². The van der Waals surface area contributed by atoms with Crippen molar-refractivity contribution in [3.63, 3.8) is 0 Å². The quantitative estimate of drug-likeness (QED) is 0.381. The lowest BCUT2D eigenvalue weighted by Crippen LogP contribution is -2.00. The Hall–Kier alpha value is -1.91. The average Bonchev–Trinajstić information content (AvgIpc) is 2.95. The summed E-state index contributed by atoms with van der Waals surface area (Å²) in [7, 11) is 0. The molecule has 15 heavy (non-hydrogen) atoms. The van der Waals surface area contributed by atoms with Crippen LogP contribution in [0.1, 0.15) is 12.8 Å². The highest BCUT2D eigenvalue weighted by atomic mass is 16.6. The fraction of sp³-hybridized carbons (Fsp3) is 0.300. The maximum atomic E-state index is 10.5. The van der Waals surface area contributed by atoms with Crippen LogP contribution >= 0.6 is 0 Å². The lowest BCUT2D eigenvalue weighted by atomic mass is 10.4. The topological polar surface area (TPSA) is 69.7 Å². The highest BCUT2D eigenvalue weighted by molar-refractivity contribution is 6.04. The lowest BCUT2D eigenvalue weighted by molar-refractivity contribution is -0.150. The van der Waals surface area contributed by atoms with Gasteiger partial charge in [0.05, 0.1) is 12.2 Å². The Bertz CT molecular complexity index is 309. The Labute approximate surface area is 86.4 Å². The minimum absolute atomic E-state index is 0.125. The summed E-state index contributed by atoms with van der Waals surface area (Å²) in [6, 6.07) is 0. The second kappa shape index (κ2) is 5.09. The third kappa shape index (κ3) is 4.21. The molecule has 1 aliphatic carbocycles. The van der Waals surface area contributed by atoms with Gasteiger partial charge in [-0.1, -0.05) is 6.58 Å². The molecule has 5 nitrogen and oxygen atoms in total. The van der Waals surface area contributed by atoms with Gasteiger partial charge in [-0.2, -0.15) is 0 Å². The molecule has 1 heterocycles. The number of esters is 3. The van der Waals surface area contributed by atoms with E-state index in [0.29, 0.717) is 0 Å². The zero-order chi connectivity index (χ0) is 11.3. The summed E-state index contributed by atoms with van der Waals surface area (Å²) in [6.07, 6.45) is 5.34. The molecule has 0 aromatic rings. The predicted molar refractivity (Wildman–Crippen MR) is 49.3 cm³/mol. The van der Waals surface area contributed by atoms with Gasteiger partial charge in [0.2, 0.25) is 0 Å². The number of hydrogen-bond acceptors (Lipinski definition) is 5. The monoisotopic (exact) mass is 210 g/mol. The first kappa shape index (κ1) is 11.2. The van der Waals surface area contributed by atoms with E-state index in [2.05, 4.69) is 16.1 Å². The Morgan fingerprint density at radius 2 is 1.93 bits per heavy atom. The summed E-state index contributed by atoms with van der Waals surface area (Å²) < 4.78 is 8.46. The summed E-state index contributed by atoms with van der Waals surface area (Å²) in [5, 5.41) is 0. The maximum absolute atomic E-state index is 10.5. The number of carbonyl (C=O) groups excluding carboxylic acids is 3. The van der Waals surface area contributed by atoms with Crippen LogP contribution < -0.4 is 0 Å². The molecule has 0 unspecified atom stereocenters. The fourth-order valence-corrected chi connectivity index (χ4v) is 0.801. The summed E-state index contributed by atoms with van der Waals surface area (Å²) in [5.74, 6) is -1.09. The summed E-state index contributed by atoms with van der Waals surface area (Å²) >= 11 is 0. The van der Waals surface area contributed by atoms with Gasteiger partial charge in [-0.05, 0) is 12.8 Å². The molecule has 0 radical (unpaired) electrons. The molecular weight excluding hydrogens is 200 g/mol. The van der Waals surface area contributed by atoms with Crippen molar-refractivity contribution < 1.29 is 23.9 Å². The van der Waals surface area contributed by atoms with Crippen LogP contribution in [-0.2, 0) is 23.9 Å². The van der Waals surface area contributed by atoms with Crippen LogP contribution in [0.25, 0.3) is 0 Å². The number of cyclic esters (lactones) is 2. The second-order valence-electron chi connectivity index (χ2n) is 2.95. The summed E-state index contributed by atoms with van der Waals surface area (Å²) in [6.45, 7) is 3.27. The zero-order valence-electron chi connectivity index (χ0n) is 7.97. The molecule has 1 fully saturated rings. The number of rotatable bonds is 2. The van der Waals surface area contributed by atoms with E-state index < -0.39 is 11.9 Å². The molecule has 1 saturated carbocycles. The molecule has 0 N–H and O–H groups in total. The molecule has 5 heteroatoms. The number of hydrogen-bond donors (Lipinski definition) is 0. The highest BCUT2D eigenvalue weighted by Gasteiger charge is 2.30. The molecular formula is C10H10O5. The number of carbonyl (C=O) groups is 3. The molecule has 0 bridgehead atoms. The third-order valence-electron chi connectivity index (χ3n) is 1.67. The van der Waals surface area contributed by atoms with Crippen LogP contribution in [0.15, 0.2) is 25.0 Å².